The average molecular weight is 209 g/mol. The molecule has 0 amide bonds. The summed E-state index contributed by atoms with van der Waals surface area (Å²) in [5, 5.41) is 8.79. The van der Waals surface area contributed by atoms with Crippen LogP contribution >= 0.6 is 0 Å². The van der Waals surface area contributed by atoms with Crippen LogP contribution in [0.2, 0.25) is 0 Å². The number of hydrogen-bond acceptors (Lipinski definition) is 4. The van der Waals surface area contributed by atoms with Gasteiger partial charge in [-0.25, -0.2) is 0 Å². The lowest BCUT2D eigenvalue weighted by atomic mass is 10.1. The van der Waals surface area contributed by atoms with Gasteiger partial charge in [-0.05, 0) is 18.6 Å². The second-order valence-electron chi connectivity index (χ2n) is 3.59. The Hall–Kier alpha value is -1.26. The van der Waals surface area contributed by atoms with Crippen LogP contribution in [-0.2, 0) is 0 Å². The van der Waals surface area contributed by atoms with Gasteiger partial charge in [-0.1, -0.05) is 12.1 Å². The molecule has 0 aliphatic carbocycles. The molecule has 0 fully saturated rings. The van der Waals surface area contributed by atoms with E-state index in [-0.39, 0.29) is 18.8 Å². The number of aliphatic hydroxyl groups excluding tert-OH is 1. The molecule has 15 heavy (non-hydrogen) atoms. The molecule has 1 aliphatic heterocycles. The number of ether oxygens (including phenoxy) is 2. The van der Waals surface area contributed by atoms with Gasteiger partial charge in [0.05, 0.1) is 0 Å². The topological polar surface area (TPSA) is 64.7 Å². The molecule has 1 aromatic rings. The maximum atomic E-state index is 8.79. The minimum Gasteiger partial charge on any atom is -0.486 e. The molecule has 82 valence electrons. The number of fused-ring (bicyclic) bond motifs is 1. The molecule has 4 heteroatoms. The van der Waals surface area contributed by atoms with Gasteiger partial charge in [0.25, 0.3) is 0 Å². The first-order valence-electron chi connectivity index (χ1n) is 5.06. The first kappa shape index (κ1) is 10.3. The number of nitrogens with two attached hydrogens (primary N) is 1. The molecule has 0 radical (unpaired) electrons. The second kappa shape index (κ2) is 4.51. The van der Waals surface area contributed by atoms with Crippen molar-refractivity contribution in [3.05, 3.63) is 24.3 Å². The van der Waals surface area contributed by atoms with E-state index in [2.05, 4.69) is 0 Å². The molecule has 0 saturated heterocycles. The standard InChI is InChI=1S/C11H15NO3/c12-8(5-6-13)11-7-14-9-3-1-2-4-10(9)15-11/h1-4,8,11,13H,5-7,12H2/t8-,11+/m1/s1. The molecule has 0 bridgehead atoms. The third kappa shape index (κ3) is 2.22. The van der Waals surface area contributed by atoms with Gasteiger partial charge in [-0.3, -0.25) is 0 Å². The Morgan fingerprint density at radius 3 is 2.87 bits per heavy atom. The zero-order valence-electron chi connectivity index (χ0n) is 8.43. The minimum atomic E-state index is -0.191. The van der Waals surface area contributed by atoms with E-state index in [0.717, 1.165) is 11.5 Å². The van der Waals surface area contributed by atoms with E-state index in [4.69, 9.17) is 20.3 Å². The zero-order valence-corrected chi connectivity index (χ0v) is 8.43. The molecule has 2 rings (SSSR count). The molecule has 0 spiro atoms. The van der Waals surface area contributed by atoms with Crippen LogP contribution in [0.1, 0.15) is 6.42 Å². The highest BCUT2D eigenvalue weighted by atomic mass is 16.6. The summed E-state index contributed by atoms with van der Waals surface area (Å²) in [5.41, 5.74) is 5.85. The normalized spacial score (nSPS) is 21.1. The highest BCUT2D eigenvalue weighted by Gasteiger charge is 2.25. The van der Waals surface area contributed by atoms with E-state index in [0.29, 0.717) is 13.0 Å². The van der Waals surface area contributed by atoms with Crippen LogP contribution in [0.3, 0.4) is 0 Å². The predicted molar refractivity (Wildman–Crippen MR) is 56.0 cm³/mol. The zero-order chi connectivity index (χ0) is 10.7. The fourth-order valence-corrected chi connectivity index (χ4v) is 1.58. The third-order valence-corrected chi connectivity index (χ3v) is 2.47. The summed E-state index contributed by atoms with van der Waals surface area (Å²) in [7, 11) is 0. The Labute approximate surface area is 88.6 Å². The van der Waals surface area contributed by atoms with Gasteiger partial charge in [0.1, 0.15) is 12.7 Å². The lowest BCUT2D eigenvalue weighted by molar-refractivity contribution is 0.0651. The average Bonchev–Trinajstić information content (AvgIpc) is 2.29. The fraction of sp³-hybridized carbons (Fsp3) is 0.455. The smallest absolute Gasteiger partial charge is 0.161 e. The Morgan fingerprint density at radius 1 is 1.40 bits per heavy atom. The van der Waals surface area contributed by atoms with E-state index in [9.17, 15) is 0 Å². The van der Waals surface area contributed by atoms with Gasteiger partial charge < -0.3 is 20.3 Å². The van der Waals surface area contributed by atoms with Crippen LogP contribution in [0.4, 0.5) is 0 Å². The molecule has 0 aromatic heterocycles. The predicted octanol–water partition coefficient (Wildman–Crippen LogP) is 0.536. The summed E-state index contributed by atoms with van der Waals surface area (Å²) >= 11 is 0. The van der Waals surface area contributed by atoms with Crippen molar-refractivity contribution in [1.82, 2.24) is 0 Å². The molecule has 4 nitrogen and oxygen atoms in total. The summed E-state index contributed by atoms with van der Waals surface area (Å²) < 4.78 is 11.2. The van der Waals surface area contributed by atoms with Crippen LogP contribution in [0, 0.1) is 0 Å². The fourth-order valence-electron chi connectivity index (χ4n) is 1.58. The lowest BCUT2D eigenvalue weighted by Crippen LogP contribution is -2.45. The minimum absolute atomic E-state index is 0.0721. The van der Waals surface area contributed by atoms with Crippen molar-refractivity contribution in [3.8, 4) is 11.5 Å². The quantitative estimate of drug-likeness (QED) is 0.762. The second-order valence-corrected chi connectivity index (χ2v) is 3.59. The van der Waals surface area contributed by atoms with Crippen molar-refractivity contribution in [1.29, 1.82) is 0 Å². The SMILES string of the molecule is N[C@H](CCO)[C@@H]1COc2ccccc2O1. The molecule has 3 N–H and O–H groups in total. The Morgan fingerprint density at radius 2 is 2.13 bits per heavy atom. The summed E-state index contributed by atoms with van der Waals surface area (Å²) in [5.74, 6) is 1.48. The Kier molecular flexibility index (Phi) is 3.08. The molecule has 1 heterocycles. The van der Waals surface area contributed by atoms with Gasteiger partial charge >= 0.3 is 0 Å². The van der Waals surface area contributed by atoms with Gasteiger partial charge in [-0.15, -0.1) is 0 Å². The van der Waals surface area contributed by atoms with E-state index in [1.807, 2.05) is 24.3 Å². The first-order chi connectivity index (χ1) is 7.31. The number of benzene rings is 1. The molecule has 0 saturated carbocycles. The van der Waals surface area contributed by atoms with Gasteiger partial charge in [-0.2, -0.15) is 0 Å². The van der Waals surface area contributed by atoms with E-state index in [1.165, 1.54) is 0 Å². The van der Waals surface area contributed by atoms with Gasteiger partial charge in [0.2, 0.25) is 0 Å². The van der Waals surface area contributed by atoms with Crippen molar-refractivity contribution in [2.75, 3.05) is 13.2 Å². The van der Waals surface area contributed by atoms with Crippen molar-refractivity contribution in [2.45, 2.75) is 18.6 Å². The summed E-state index contributed by atoms with van der Waals surface area (Å²) in [6.45, 7) is 0.515. The van der Waals surface area contributed by atoms with E-state index in [1.54, 1.807) is 0 Å². The molecule has 1 aromatic carbocycles. The van der Waals surface area contributed by atoms with Crippen molar-refractivity contribution >= 4 is 0 Å². The largest absolute Gasteiger partial charge is 0.486 e. The van der Waals surface area contributed by atoms with Crippen molar-refractivity contribution in [3.63, 3.8) is 0 Å². The maximum Gasteiger partial charge on any atom is 0.161 e. The van der Waals surface area contributed by atoms with E-state index >= 15 is 0 Å². The number of aliphatic hydroxyl groups is 1. The van der Waals surface area contributed by atoms with E-state index < -0.39 is 0 Å². The van der Waals surface area contributed by atoms with Crippen LogP contribution < -0.4 is 15.2 Å². The third-order valence-electron chi connectivity index (χ3n) is 2.47. The summed E-state index contributed by atoms with van der Waals surface area (Å²) in [6.07, 6.45) is 0.350. The molecule has 2 atom stereocenters. The maximum absolute atomic E-state index is 8.79. The van der Waals surface area contributed by atoms with Crippen LogP contribution in [-0.4, -0.2) is 30.5 Å². The molecular formula is C11H15NO3. The Bertz CT molecular complexity index is 329. The summed E-state index contributed by atoms with van der Waals surface area (Å²) in [4.78, 5) is 0. The van der Waals surface area contributed by atoms with Gasteiger partial charge in [0, 0.05) is 12.6 Å². The van der Waals surface area contributed by atoms with Crippen LogP contribution in [0.25, 0.3) is 0 Å². The number of rotatable bonds is 3. The highest BCUT2D eigenvalue weighted by molar-refractivity contribution is 5.40. The van der Waals surface area contributed by atoms with Crippen molar-refractivity contribution in [2.24, 2.45) is 5.73 Å². The van der Waals surface area contributed by atoms with Gasteiger partial charge in [0.15, 0.2) is 11.5 Å². The molecular weight excluding hydrogens is 194 g/mol. The summed E-state index contributed by atoms with van der Waals surface area (Å²) in [6, 6.07) is 7.32. The first-order valence-corrected chi connectivity index (χ1v) is 5.06. The monoisotopic (exact) mass is 209 g/mol. The number of hydrogen-bond donors (Lipinski definition) is 2. The lowest BCUT2D eigenvalue weighted by Gasteiger charge is -2.29. The molecule has 1 aliphatic rings. The van der Waals surface area contributed by atoms with Crippen LogP contribution in [0.15, 0.2) is 24.3 Å². The van der Waals surface area contributed by atoms with Crippen molar-refractivity contribution < 1.29 is 14.6 Å². The Balaban J connectivity index is 2.05. The highest BCUT2D eigenvalue weighted by Crippen LogP contribution is 2.31. The van der Waals surface area contributed by atoms with Crippen LogP contribution in [0.5, 0.6) is 11.5 Å². The number of para-hydroxylation sites is 2. The molecule has 0 unspecified atom stereocenters.